The van der Waals surface area contributed by atoms with Crippen molar-refractivity contribution in [2.75, 3.05) is 4.90 Å². The van der Waals surface area contributed by atoms with E-state index >= 15 is 0 Å². The molecule has 0 radical (unpaired) electrons. The highest BCUT2D eigenvalue weighted by atomic mass is 32.2. The van der Waals surface area contributed by atoms with Crippen molar-refractivity contribution in [2.45, 2.75) is 90.4 Å². The first-order valence-electron chi connectivity index (χ1n) is 21.4. The van der Waals surface area contributed by atoms with Gasteiger partial charge in [-0.05, 0) is 102 Å². The highest BCUT2D eigenvalue weighted by molar-refractivity contribution is 7.99. The van der Waals surface area contributed by atoms with Gasteiger partial charge in [0.1, 0.15) is 10.0 Å². The molecular formula is C53H55N3S3. The summed E-state index contributed by atoms with van der Waals surface area (Å²) in [6.07, 6.45) is 14.5. The van der Waals surface area contributed by atoms with Crippen LogP contribution in [-0.4, -0.2) is 9.97 Å². The molecule has 5 aromatic carbocycles. The van der Waals surface area contributed by atoms with Crippen molar-refractivity contribution in [3.63, 3.8) is 0 Å². The standard InChI is InChI=1S/C44H31N3S3.C5H12.2C2H6/c1-2-8-34(9-3-1)47-37-24-22-32(28-14-18-30(19-15-28)43-45-35-10-4-6-12-39(35)49-43)26-41(37)48-42-27-33(23-25-38(42)47)29-16-20-31(21-17-29)44-46-36-11-5-7-13-40(36)50-44;1-4-5(2)3;2*1-2/h1-3,6-9,12-27H,4-5,10-11H2;5H,4H2,1-3H3;2*1-2H3. The maximum atomic E-state index is 4.95. The van der Waals surface area contributed by atoms with Gasteiger partial charge in [0.2, 0.25) is 0 Å². The Kier molecular flexibility index (Phi) is 14.2. The van der Waals surface area contributed by atoms with Crippen LogP contribution in [0, 0.1) is 5.92 Å². The predicted octanol–water partition coefficient (Wildman–Crippen LogP) is 17.2. The van der Waals surface area contributed by atoms with Crippen LogP contribution in [0.3, 0.4) is 0 Å². The molecule has 7 aromatic rings. The molecule has 3 aliphatic rings. The second kappa shape index (κ2) is 19.8. The molecule has 3 nitrogen and oxygen atoms in total. The molecule has 6 heteroatoms. The summed E-state index contributed by atoms with van der Waals surface area (Å²) in [5.41, 5.74) is 13.2. The minimum Gasteiger partial charge on any atom is -0.308 e. The molecule has 0 bridgehead atoms. The fraction of sp³-hybridized carbons (Fsp3) is 0.245. The number of fused-ring (bicyclic) bond motifs is 4. The maximum absolute atomic E-state index is 4.95. The van der Waals surface area contributed by atoms with E-state index in [0.29, 0.717) is 0 Å². The largest absolute Gasteiger partial charge is 0.308 e. The Hall–Kier alpha value is -5.01. The van der Waals surface area contributed by atoms with Crippen LogP contribution in [0.1, 0.15) is 88.9 Å². The Morgan fingerprint density at radius 1 is 0.542 bits per heavy atom. The molecule has 1 aliphatic heterocycles. The maximum Gasteiger partial charge on any atom is 0.124 e. The third-order valence-electron chi connectivity index (χ3n) is 10.5. The van der Waals surface area contributed by atoms with E-state index in [1.807, 2.05) is 39.5 Å². The number of hydrogen-bond donors (Lipinski definition) is 0. The SMILES string of the molecule is C1=Cc2sc(-c3ccc(-c4ccc5c(c4)Sc4cc(-c6ccc(-c7nc8c(s7)C=CCC8)cc6)ccc4N5c4ccccc4)cc3)nc2CC1.CC.CC.CCC(C)C. The average molecular weight is 830 g/mol. The van der Waals surface area contributed by atoms with Gasteiger partial charge in [0.25, 0.3) is 0 Å². The van der Waals surface area contributed by atoms with Gasteiger partial charge < -0.3 is 4.90 Å². The van der Waals surface area contributed by atoms with Gasteiger partial charge in [0.15, 0.2) is 0 Å². The molecule has 2 aromatic heterocycles. The molecule has 0 amide bonds. The fourth-order valence-corrected chi connectivity index (χ4v) is 10.3. The summed E-state index contributed by atoms with van der Waals surface area (Å²) < 4.78 is 0. The first-order chi connectivity index (χ1) is 29.0. The lowest BCUT2D eigenvalue weighted by Gasteiger charge is -2.33. The summed E-state index contributed by atoms with van der Waals surface area (Å²) in [5, 5.41) is 2.21. The first-order valence-corrected chi connectivity index (χ1v) is 23.8. The number of anilines is 3. The van der Waals surface area contributed by atoms with Crippen molar-refractivity contribution in [2.24, 2.45) is 5.92 Å². The van der Waals surface area contributed by atoms with Crippen LogP contribution in [0.5, 0.6) is 0 Å². The summed E-state index contributed by atoms with van der Waals surface area (Å²) in [4.78, 5) is 17.4. The van der Waals surface area contributed by atoms with E-state index in [4.69, 9.17) is 9.97 Å². The van der Waals surface area contributed by atoms with Crippen molar-refractivity contribution in [3.05, 3.63) is 149 Å². The molecule has 300 valence electrons. The van der Waals surface area contributed by atoms with Gasteiger partial charge in [-0.2, -0.15) is 0 Å². The van der Waals surface area contributed by atoms with Gasteiger partial charge >= 0.3 is 0 Å². The average Bonchev–Trinajstić information content (AvgIpc) is 3.95. The van der Waals surface area contributed by atoms with Gasteiger partial charge in [-0.1, -0.05) is 158 Å². The van der Waals surface area contributed by atoms with Crippen LogP contribution in [0.2, 0.25) is 0 Å². The zero-order valence-corrected chi connectivity index (χ0v) is 37.9. The fourth-order valence-electron chi connectivity index (χ4n) is 7.05. The summed E-state index contributed by atoms with van der Waals surface area (Å²) in [5.74, 6) is 0.884. The number of thiazole rings is 2. The predicted molar refractivity (Wildman–Crippen MR) is 261 cm³/mol. The zero-order valence-electron chi connectivity index (χ0n) is 35.5. The third kappa shape index (κ3) is 9.41. The van der Waals surface area contributed by atoms with Crippen molar-refractivity contribution in [1.82, 2.24) is 9.97 Å². The van der Waals surface area contributed by atoms with E-state index in [0.717, 1.165) is 47.3 Å². The second-order valence-corrected chi connectivity index (χ2v) is 17.8. The Balaban J connectivity index is 0.000000542. The van der Waals surface area contributed by atoms with E-state index in [1.165, 1.54) is 82.1 Å². The van der Waals surface area contributed by atoms with Crippen molar-refractivity contribution >= 4 is 63.6 Å². The molecule has 0 fully saturated rings. The summed E-state index contributed by atoms with van der Waals surface area (Å²) in [6.45, 7) is 14.6. The number of allylic oxidation sites excluding steroid dienone is 2. The van der Waals surface area contributed by atoms with E-state index in [9.17, 15) is 0 Å². The van der Waals surface area contributed by atoms with Gasteiger partial charge in [0.05, 0.1) is 32.5 Å². The molecule has 0 atom stereocenters. The van der Waals surface area contributed by atoms with Crippen LogP contribution < -0.4 is 4.90 Å². The van der Waals surface area contributed by atoms with Crippen LogP contribution >= 0.6 is 34.4 Å². The molecule has 59 heavy (non-hydrogen) atoms. The van der Waals surface area contributed by atoms with Gasteiger partial charge in [-0.15, -0.1) is 22.7 Å². The van der Waals surface area contributed by atoms with E-state index in [2.05, 4.69) is 165 Å². The molecule has 0 saturated heterocycles. The Bertz CT molecular complexity index is 2370. The molecule has 0 saturated carbocycles. The second-order valence-electron chi connectivity index (χ2n) is 14.6. The van der Waals surface area contributed by atoms with Crippen LogP contribution in [0.15, 0.2) is 137 Å². The molecule has 0 spiro atoms. The highest BCUT2D eigenvalue weighted by Gasteiger charge is 2.26. The van der Waals surface area contributed by atoms with Gasteiger partial charge in [0, 0.05) is 26.6 Å². The van der Waals surface area contributed by atoms with E-state index < -0.39 is 0 Å². The van der Waals surface area contributed by atoms with Gasteiger partial charge in [-0.3, -0.25) is 0 Å². The van der Waals surface area contributed by atoms with Crippen molar-refractivity contribution in [1.29, 1.82) is 0 Å². The van der Waals surface area contributed by atoms with E-state index in [1.54, 1.807) is 22.7 Å². The number of nitrogens with zero attached hydrogens (tertiary/aromatic N) is 3. The Morgan fingerprint density at radius 2 is 0.949 bits per heavy atom. The monoisotopic (exact) mass is 829 g/mol. The third-order valence-corrected chi connectivity index (χ3v) is 13.8. The highest BCUT2D eigenvalue weighted by Crippen LogP contribution is 2.53. The Morgan fingerprint density at radius 3 is 1.36 bits per heavy atom. The first kappa shape index (κ1) is 42.1. The lowest BCUT2D eigenvalue weighted by Crippen LogP contribution is -2.14. The zero-order chi connectivity index (χ0) is 41.3. The lowest BCUT2D eigenvalue weighted by atomic mass is 10.0. The minimum atomic E-state index is 0.884. The summed E-state index contributed by atoms with van der Waals surface area (Å²) in [7, 11) is 0. The van der Waals surface area contributed by atoms with E-state index in [-0.39, 0.29) is 0 Å². The number of aromatic nitrogens is 2. The van der Waals surface area contributed by atoms with Crippen molar-refractivity contribution in [3.8, 4) is 43.4 Å². The van der Waals surface area contributed by atoms with Crippen LogP contribution in [0.25, 0.3) is 55.5 Å². The molecule has 3 heterocycles. The molecule has 0 unspecified atom stereocenters. The summed E-state index contributed by atoms with van der Waals surface area (Å²) in [6, 6.07) is 42.3. The number of aryl methyl sites for hydroxylation is 2. The van der Waals surface area contributed by atoms with Crippen molar-refractivity contribution < 1.29 is 0 Å². The Labute approximate surface area is 364 Å². The lowest BCUT2D eigenvalue weighted by molar-refractivity contribution is 0.626. The molecule has 0 N–H and O–H groups in total. The quantitative estimate of drug-likeness (QED) is 0.167. The summed E-state index contributed by atoms with van der Waals surface area (Å²) >= 11 is 5.44. The van der Waals surface area contributed by atoms with Crippen LogP contribution in [0.4, 0.5) is 17.1 Å². The molecule has 2 aliphatic carbocycles. The topological polar surface area (TPSA) is 29.0 Å². The molecule has 10 rings (SSSR count). The van der Waals surface area contributed by atoms with Crippen LogP contribution in [-0.2, 0) is 12.8 Å². The van der Waals surface area contributed by atoms with Gasteiger partial charge in [-0.25, -0.2) is 9.97 Å². The molecular weight excluding hydrogens is 775 g/mol. The number of rotatable bonds is 6. The smallest absolute Gasteiger partial charge is 0.124 e. The minimum absolute atomic E-state index is 0.884. The number of hydrogen-bond acceptors (Lipinski definition) is 6. The number of para-hydroxylation sites is 1. The number of benzene rings is 5. The normalized spacial score (nSPS) is 13.1.